The third-order valence-corrected chi connectivity index (χ3v) is 3.10. The van der Waals surface area contributed by atoms with Crippen molar-refractivity contribution in [1.29, 1.82) is 0 Å². The minimum absolute atomic E-state index is 0.0641. The van der Waals surface area contributed by atoms with E-state index in [1.165, 1.54) is 18.2 Å². The van der Waals surface area contributed by atoms with Gasteiger partial charge in [-0.3, -0.25) is 0 Å². The number of hydrogen-bond donors (Lipinski definition) is 3. The maximum absolute atomic E-state index is 11.7. The third kappa shape index (κ3) is 6.46. The van der Waals surface area contributed by atoms with E-state index in [4.69, 9.17) is 21.4 Å². The Hall–Kier alpha value is -1.79. The fourth-order valence-electron chi connectivity index (χ4n) is 1.67. The predicted octanol–water partition coefficient (Wildman–Crippen LogP) is 2.98. The minimum Gasteiger partial charge on any atom is -0.478 e. The molecule has 21 heavy (non-hydrogen) atoms. The van der Waals surface area contributed by atoms with Crippen molar-refractivity contribution in [3.05, 3.63) is 28.8 Å². The molecule has 0 atom stereocenters. The van der Waals surface area contributed by atoms with Crippen LogP contribution in [0, 0.1) is 0 Å². The summed E-state index contributed by atoms with van der Waals surface area (Å²) in [5, 5.41) is 14.4. The van der Waals surface area contributed by atoms with E-state index in [-0.39, 0.29) is 16.3 Å². The predicted molar refractivity (Wildman–Crippen MR) is 81.2 cm³/mol. The van der Waals surface area contributed by atoms with Crippen molar-refractivity contribution in [1.82, 2.24) is 5.32 Å². The first kappa shape index (κ1) is 17.3. The molecule has 0 aliphatic carbocycles. The molecule has 116 valence electrons. The Labute approximate surface area is 128 Å². The minimum atomic E-state index is -1.08. The van der Waals surface area contributed by atoms with Gasteiger partial charge in [0.1, 0.15) is 0 Å². The summed E-state index contributed by atoms with van der Waals surface area (Å²) in [6, 6.07) is 3.73. The van der Waals surface area contributed by atoms with Gasteiger partial charge in [-0.2, -0.15) is 0 Å². The Morgan fingerprint density at radius 1 is 1.29 bits per heavy atom. The van der Waals surface area contributed by atoms with E-state index in [0.717, 1.165) is 19.3 Å². The Morgan fingerprint density at radius 3 is 2.71 bits per heavy atom. The van der Waals surface area contributed by atoms with E-state index in [0.29, 0.717) is 13.2 Å². The second kappa shape index (κ2) is 9.20. The van der Waals surface area contributed by atoms with Gasteiger partial charge in [-0.25, -0.2) is 9.59 Å². The molecule has 7 heteroatoms. The number of methoxy groups -OCH3 is 1. The molecule has 0 saturated carbocycles. The quantitative estimate of drug-likeness (QED) is 0.644. The van der Waals surface area contributed by atoms with Crippen LogP contribution in [0.25, 0.3) is 0 Å². The number of carboxylic acid groups (broad SMARTS) is 1. The van der Waals surface area contributed by atoms with Crippen LogP contribution >= 0.6 is 11.6 Å². The number of anilines is 1. The van der Waals surface area contributed by atoms with Crippen molar-refractivity contribution in [3.63, 3.8) is 0 Å². The van der Waals surface area contributed by atoms with Gasteiger partial charge in [0.05, 0.1) is 16.3 Å². The smallest absolute Gasteiger partial charge is 0.335 e. The fraction of sp³-hybridized carbons (Fsp3) is 0.429. The summed E-state index contributed by atoms with van der Waals surface area (Å²) in [5.41, 5.74) is 0.336. The van der Waals surface area contributed by atoms with Gasteiger partial charge >= 0.3 is 12.0 Å². The Kier molecular flexibility index (Phi) is 7.56. The van der Waals surface area contributed by atoms with Crippen molar-refractivity contribution < 1.29 is 19.4 Å². The lowest BCUT2D eigenvalue weighted by Gasteiger charge is -2.09. The first-order valence-electron chi connectivity index (χ1n) is 6.61. The molecule has 0 unspecified atom stereocenters. The summed E-state index contributed by atoms with van der Waals surface area (Å²) in [5.74, 6) is -1.08. The lowest BCUT2D eigenvalue weighted by atomic mass is 10.2. The summed E-state index contributed by atoms with van der Waals surface area (Å²) in [6.07, 6.45) is 2.76. The maximum atomic E-state index is 11.7. The Balaban J connectivity index is 2.40. The van der Waals surface area contributed by atoms with E-state index in [9.17, 15) is 9.59 Å². The van der Waals surface area contributed by atoms with Gasteiger partial charge in [0.2, 0.25) is 0 Å². The van der Waals surface area contributed by atoms with Gasteiger partial charge in [-0.05, 0) is 37.5 Å². The van der Waals surface area contributed by atoms with Crippen LogP contribution in [0.4, 0.5) is 10.5 Å². The average molecular weight is 315 g/mol. The average Bonchev–Trinajstić information content (AvgIpc) is 2.44. The van der Waals surface area contributed by atoms with Crippen LogP contribution in [0.2, 0.25) is 5.02 Å². The number of amides is 2. The largest absolute Gasteiger partial charge is 0.478 e. The molecule has 0 fully saturated rings. The monoisotopic (exact) mass is 314 g/mol. The van der Waals surface area contributed by atoms with Crippen molar-refractivity contribution in [3.8, 4) is 0 Å². The number of urea groups is 1. The van der Waals surface area contributed by atoms with Crippen molar-refractivity contribution >= 4 is 29.3 Å². The zero-order chi connectivity index (χ0) is 15.7. The molecular weight excluding hydrogens is 296 g/mol. The number of carboxylic acids is 1. The molecule has 0 aliphatic rings. The number of hydrogen-bond acceptors (Lipinski definition) is 3. The number of carbonyl (C=O) groups excluding carboxylic acids is 1. The van der Waals surface area contributed by atoms with Gasteiger partial charge in [-0.1, -0.05) is 11.6 Å². The van der Waals surface area contributed by atoms with E-state index >= 15 is 0 Å². The molecule has 0 heterocycles. The lowest BCUT2D eigenvalue weighted by molar-refractivity contribution is 0.0697. The highest BCUT2D eigenvalue weighted by Gasteiger charge is 2.09. The van der Waals surface area contributed by atoms with Crippen LogP contribution < -0.4 is 10.6 Å². The number of aromatic carboxylic acids is 1. The highest BCUT2D eigenvalue weighted by atomic mass is 35.5. The number of halogens is 1. The fourth-order valence-corrected chi connectivity index (χ4v) is 1.84. The van der Waals surface area contributed by atoms with Crippen LogP contribution in [0.5, 0.6) is 0 Å². The molecule has 2 amide bonds. The molecule has 1 aromatic carbocycles. The Morgan fingerprint density at radius 2 is 2.05 bits per heavy atom. The SMILES string of the molecule is COCCCCCNC(=O)Nc1cc(C(=O)O)ccc1Cl. The van der Waals surface area contributed by atoms with Crippen LogP contribution in [0.1, 0.15) is 29.6 Å². The lowest BCUT2D eigenvalue weighted by Crippen LogP contribution is -2.29. The normalized spacial score (nSPS) is 10.2. The molecule has 0 aliphatic heterocycles. The summed E-state index contributed by atoms with van der Waals surface area (Å²) < 4.78 is 4.93. The van der Waals surface area contributed by atoms with Gasteiger partial charge in [0.25, 0.3) is 0 Å². The molecule has 0 aromatic heterocycles. The van der Waals surface area contributed by atoms with Crippen LogP contribution in [-0.2, 0) is 4.74 Å². The molecule has 3 N–H and O–H groups in total. The third-order valence-electron chi connectivity index (χ3n) is 2.77. The summed E-state index contributed by atoms with van der Waals surface area (Å²) >= 11 is 5.91. The number of ether oxygens (including phenoxy) is 1. The maximum Gasteiger partial charge on any atom is 0.335 e. The van der Waals surface area contributed by atoms with Crippen LogP contribution in [0.3, 0.4) is 0 Å². The number of rotatable bonds is 8. The number of benzene rings is 1. The number of unbranched alkanes of at least 4 members (excludes halogenated alkanes) is 2. The van der Waals surface area contributed by atoms with Crippen LogP contribution in [-0.4, -0.2) is 37.4 Å². The number of nitrogens with one attached hydrogen (secondary N) is 2. The highest BCUT2D eigenvalue weighted by Crippen LogP contribution is 2.22. The topological polar surface area (TPSA) is 87.7 Å². The zero-order valence-corrected chi connectivity index (χ0v) is 12.6. The summed E-state index contributed by atoms with van der Waals surface area (Å²) in [6.45, 7) is 1.25. The van der Waals surface area contributed by atoms with Gasteiger partial charge in [-0.15, -0.1) is 0 Å². The second-order valence-corrected chi connectivity index (χ2v) is 4.84. The molecule has 1 rings (SSSR count). The number of carbonyl (C=O) groups is 2. The Bertz CT molecular complexity index is 494. The van der Waals surface area contributed by atoms with E-state index in [2.05, 4.69) is 10.6 Å². The van der Waals surface area contributed by atoms with E-state index in [1.807, 2.05) is 0 Å². The summed E-state index contributed by atoms with van der Waals surface area (Å²) in [7, 11) is 1.65. The first-order valence-corrected chi connectivity index (χ1v) is 6.99. The second-order valence-electron chi connectivity index (χ2n) is 4.43. The molecule has 0 bridgehead atoms. The molecule has 6 nitrogen and oxygen atoms in total. The first-order chi connectivity index (χ1) is 10.0. The summed E-state index contributed by atoms with van der Waals surface area (Å²) in [4.78, 5) is 22.5. The van der Waals surface area contributed by atoms with Gasteiger partial charge in [0, 0.05) is 20.3 Å². The van der Waals surface area contributed by atoms with Gasteiger partial charge in [0.15, 0.2) is 0 Å². The van der Waals surface area contributed by atoms with Gasteiger partial charge < -0.3 is 20.5 Å². The highest BCUT2D eigenvalue weighted by molar-refractivity contribution is 6.33. The molecule has 0 saturated heterocycles. The van der Waals surface area contributed by atoms with Crippen molar-refractivity contribution in [2.45, 2.75) is 19.3 Å². The van der Waals surface area contributed by atoms with Crippen molar-refractivity contribution in [2.75, 3.05) is 25.6 Å². The molecule has 1 aromatic rings. The molecule has 0 radical (unpaired) electrons. The van der Waals surface area contributed by atoms with E-state index < -0.39 is 12.0 Å². The molecule has 0 spiro atoms. The molecular formula is C14H19ClN2O4. The van der Waals surface area contributed by atoms with E-state index in [1.54, 1.807) is 7.11 Å². The zero-order valence-electron chi connectivity index (χ0n) is 11.8. The van der Waals surface area contributed by atoms with Crippen LogP contribution in [0.15, 0.2) is 18.2 Å². The van der Waals surface area contributed by atoms with Crippen molar-refractivity contribution in [2.24, 2.45) is 0 Å². The standard InChI is InChI=1S/C14H19ClN2O4/c1-21-8-4-2-3-7-16-14(20)17-12-9-10(13(18)19)5-6-11(12)15/h5-6,9H,2-4,7-8H2,1H3,(H,18,19)(H2,16,17,20).